The van der Waals surface area contributed by atoms with Gasteiger partial charge in [-0.25, -0.2) is 0 Å². The number of thioether (sulfide) groups is 1. The molecule has 2 aromatic rings. The molecule has 0 aliphatic carbocycles. The van der Waals surface area contributed by atoms with Crippen LogP contribution in [-0.4, -0.2) is 40.7 Å². The SMILES string of the molecule is CSCCC(C(=O)Nc1ccc(C)c(Cl)c1)N1C(=O)c2ccccc2C1=O. The fourth-order valence-electron chi connectivity index (χ4n) is 2.99. The number of benzene rings is 2. The van der Waals surface area contributed by atoms with Crippen molar-refractivity contribution >= 4 is 46.8 Å². The Morgan fingerprint density at radius 3 is 2.33 bits per heavy atom. The van der Waals surface area contributed by atoms with Crippen molar-refractivity contribution in [2.24, 2.45) is 0 Å². The van der Waals surface area contributed by atoms with Crippen LogP contribution in [0.4, 0.5) is 5.69 Å². The molecule has 0 bridgehead atoms. The molecular formula is C20H19ClN2O3S. The summed E-state index contributed by atoms with van der Waals surface area (Å²) in [5.41, 5.74) is 2.10. The fourth-order valence-corrected chi connectivity index (χ4v) is 3.63. The lowest BCUT2D eigenvalue weighted by Crippen LogP contribution is -2.47. The van der Waals surface area contributed by atoms with Crippen molar-refractivity contribution in [3.8, 4) is 0 Å². The van der Waals surface area contributed by atoms with E-state index in [0.717, 1.165) is 10.5 Å². The van der Waals surface area contributed by atoms with E-state index in [2.05, 4.69) is 5.32 Å². The minimum Gasteiger partial charge on any atom is -0.324 e. The third-order valence-electron chi connectivity index (χ3n) is 4.47. The number of anilines is 1. The highest BCUT2D eigenvalue weighted by Gasteiger charge is 2.42. The first-order valence-electron chi connectivity index (χ1n) is 8.47. The standard InChI is InChI=1S/C20H19ClN2O3S/c1-12-7-8-13(11-16(12)21)22-18(24)17(9-10-27-2)23-19(25)14-5-3-4-6-15(14)20(23)26/h3-8,11,17H,9-10H2,1-2H3,(H,22,24). The van der Waals surface area contributed by atoms with Crippen molar-refractivity contribution in [2.45, 2.75) is 19.4 Å². The van der Waals surface area contributed by atoms with Crippen LogP contribution < -0.4 is 5.32 Å². The second-order valence-corrected chi connectivity index (χ2v) is 7.67. The quantitative estimate of drug-likeness (QED) is 0.741. The summed E-state index contributed by atoms with van der Waals surface area (Å²) >= 11 is 7.67. The van der Waals surface area contributed by atoms with E-state index in [1.807, 2.05) is 13.2 Å². The van der Waals surface area contributed by atoms with Gasteiger partial charge in [0.05, 0.1) is 11.1 Å². The molecule has 1 aliphatic rings. The summed E-state index contributed by atoms with van der Waals surface area (Å²) in [6.07, 6.45) is 2.29. The highest BCUT2D eigenvalue weighted by atomic mass is 35.5. The molecule has 1 heterocycles. The average molecular weight is 403 g/mol. The van der Waals surface area contributed by atoms with E-state index < -0.39 is 23.8 Å². The number of hydrogen-bond acceptors (Lipinski definition) is 4. The first kappa shape index (κ1) is 19.5. The Kier molecular flexibility index (Phi) is 5.87. The molecule has 0 aromatic heterocycles. The molecule has 1 aliphatic heterocycles. The van der Waals surface area contributed by atoms with Crippen LogP contribution in [-0.2, 0) is 4.79 Å². The molecule has 140 valence electrons. The van der Waals surface area contributed by atoms with Crippen LogP contribution in [0.5, 0.6) is 0 Å². The summed E-state index contributed by atoms with van der Waals surface area (Å²) in [5.74, 6) is -0.629. The number of halogens is 1. The van der Waals surface area contributed by atoms with E-state index >= 15 is 0 Å². The van der Waals surface area contributed by atoms with Gasteiger partial charge in [0.2, 0.25) is 5.91 Å². The molecule has 5 nitrogen and oxygen atoms in total. The van der Waals surface area contributed by atoms with E-state index in [4.69, 9.17) is 11.6 Å². The van der Waals surface area contributed by atoms with Crippen LogP contribution in [0.1, 0.15) is 32.7 Å². The van der Waals surface area contributed by atoms with E-state index in [1.165, 1.54) is 0 Å². The molecule has 0 saturated heterocycles. The minimum absolute atomic E-state index is 0.336. The van der Waals surface area contributed by atoms with Crippen LogP contribution >= 0.6 is 23.4 Å². The van der Waals surface area contributed by atoms with Crippen LogP contribution in [0.25, 0.3) is 0 Å². The van der Waals surface area contributed by atoms with E-state index in [9.17, 15) is 14.4 Å². The third-order valence-corrected chi connectivity index (χ3v) is 5.53. The predicted octanol–water partition coefficient (Wildman–Crippen LogP) is 4.00. The number of nitrogens with zero attached hydrogens (tertiary/aromatic N) is 1. The molecule has 0 saturated carbocycles. The Balaban J connectivity index is 1.87. The van der Waals surface area contributed by atoms with Gasteiger partial charge in [0, 0.05) is 10.7 Å². The van der Waals surface area contributed by atoms with Crippen LogP contribution in [0, 0.1) is 6.92 Å². The molecule has 7 heteroatoms. The lowest BCUT2D eigenvalue weighted by molar-refractivity contribution is -0.120. The van der Waals surface area contributed by atoms with Gasteiger partial charge in [-0.15, -0.1) is 0 Å². The van der Waals surface area contributed by atoms with Gasteiger partial charge in [0.15, 0.2) is 0 Å². The lowest BCUT2D eigenvalue weighted by atomic mass is 10.1. The van der Waals surface area contributed by atoms with Gasteiger partial charge in [-0.05, 0) is 55.2 Å². The summed E-state index contributed by atoms with van der Waals surface area (Å²) in [5, 5.41) is 3.32. The lowest BCUT2D eigenvalue weighted by Gasteiger charge is -2.25. The largest absolute Gasteiger partial charge is 0.324 e. The number of aryl methyl sites for hydroxylation is 1. The zero-order valence-corrected chi connectivity index (χ0v) is 16.6. The maximum atomic E-state index is 12.9. The van der Waals surface area contributed by atoms with Crippen molar-refractivity contribution in [3.63, 3.8) is 0 Å². The summed E-state index contributed by atoms with van der Waals surface area (Å²) in [7, 11) is 0. The predicted molar refractivity (Wildman–Crippen MR) is 109 cm³/mol. The Labute approximate surface area is 167 Å². The Hall–Kier alpha value is -2.31. The number of carbonyl (C=O) groups excluding carboxylic acids is 3. The zero-order chi connectivity index (χ0) is 19.6. The highest BCUT2D eigenvalue weighted by molar-refractivity contribution is 7.98. The van der Waals surface area contributed by atoms with Gasteiger partial charge < -0.3 is 5.32 Å². The molecule has 1 N–H and O–H groups in total. The van der Waals surface area contributed by atoms with Gasteiger partial charge in [-0.3, -0.25) is 19.3 Å². The van der Waals surface area contributed by atoms with Crippen molar-refractivity contribution in [1.29, 1.82) is 0 Å². The number of amides is 3. The molecule has 27 heavy (non-hydrogen) atoms. The number of rotatable bonds is 6. The summed E-state index contributed by atoms with van der Waals surface area (Å²) in [4.78, 5) is 39.5. The van der Waals surface area contributed by atoms with Gasteiger partial charge in [0.1, 0.15) is 6.04 Å². The topological polar surface area (TPSA) is 66.5 Å². The molecule has 0 fully saturated rings. The number of nitrogens with one attached hydrogen (secondary N) is 1. The first-order chi connectivity index (χ1) is 12.9. The van der Waals surface area contributed by atoms with Gasteiger partial charge in [-0.2, -0.15) is 11.8 Å². The zero-order valence-electron chi connectivity index (χ0n) is 15.0. The summed E-state index contributed by atoms with van der Waals surface area (Å²) < 4.78 is 0. The number of fused-ring (bicyclic) bond motifs is 1. The maximum absolute atomic E-state index is 12.9. The molecular weight excluding hydrogens is 384 g/mol. The van der Waals surface area contributed by atoms with Crippen molar-refractivity contribution in [2.75, 3.05) is 17.3 Å². The van der Waals surface area contributed by atoms with Gasteiger partial charge >= 0.3 is 0 Å². The van der Waals surface area contributed by atoms with E-state index in [1.54, 1.807) is 54.2 Å². The van der Waals surface area contributed by atoms with Crippen LogP contribution in [0.15, 0.2) is 42.5 Å². The van der Waals surface area contributed by atoms with Crippen molar-refractivity contribution < 1.29 is 14.4 Å². The Morgan fingerprint density at radius 2 is 1.78 bits per heavy atom. The normalized spacial score (nSPS) is 14.3. The van der Waals surface area contributed by atoms with Gasteiger partial charge in [-0.1, -0.05) is 29.8 Å². The minimum atomic E-state index is -0.884. The second-order valence-electron chi connectivity index (χ2n) is 6.28. The third kappa shape index (κ3) is 3.87. The van der Waals surface area contributed by atoms with Crippen LogP contribution in [0.3, 0.4) is 0 Å². The highest BCUT2D eigenvalue weighted by Crippen LogP contribution is 2.27. The maximum Gasteiger partial charge on any atom is 0.262 e. The van der Waals surface area contributed by atoms with E-state index in [-0.39, 0.29) is 0 Å². The molecule has 0 spiro atoms. The summed E-state index contributed by atoms with van der Waals surface area (Å²) in [6.45, 7) is 1.87. The number of imide groups is 1. The summed E-state index contributed by atoms with van der Waals surface area (Å²) in [6, 6.07) is 11.0. The molecule has 0 radical (unpaired) electrons. The Morgan fingerprint density at radius 1 is 1.15 bits per heavy atom. The monoisotopic (exact) mass is 402 g/mol. The fraction of sp³-hybridized carbons (Fsp3) is 0.250. The van der Waals surface area contributed by atoms with Gasteiger partial charge in [0.25, 0.3) is 11.8 Å². The molecule has 1 unspecified atom stereocenters. The molecule has 2 aromatic carbocycles. The number of hydrogen-bond donors (Lipinski definition) is 1. The molecule has 3 rings (SSSR count). The van der Waals surface area contributed by atoms with Crippen molar-refractivity contribution in [3.05, 3.63) is 64.2 Å². The average Bonchev–Trinajstić information content (AvgIpc) is 2.90. The molecule has 1 atom stereocenters. The smallest absolute Gasteiger partial charge is 0.262 e. The molecule has 3 amide bonds. The second kappa shape index (κ2) is 8.15. The van der Waals surface area contributed by atoms with Crippen molar-refractivity contribution in [1.82, 2.24) is 4.90 Å². The Bertz CT molecular complexity index is 881. The van der Waals surface area contributed by atoms with E-state index in [0.29, 0.717) is 34.0 Å². The van der Waals surface area contributed by atoms with Crippen LogP contribution in [0.2, 0.25) is 5.02 Å². The number of carbonyl (C=O) groups is 3. The first-order valence-corrected chi connectivity index (χ1v) is 10.2.